The fraction of sp³-hybridized carbons (Fsp3) is 0.667. The van der Waals surface area contributed by atoms with Crippen LogP contribution in [0.2, 0.25) is 0 Å². The van der Waals surface area contributed by atoms with Gasteiger partial charge < -0.3 is 0 Å². The molecular weight excluding hydrogens is 168 g/mol. The van der Waals surface area contributed by atoms with Gasteiger partial charge in [-0.3, -0.25) is 10.1 Å². The molecule has 1 rings (SSSR count). The first-order valence-electron chi connectivity index (χ1n) is 3.34. The summed E-state index contributed by atoms with van der Waals surface area (Å²) < 4.78 is 0.912. The van der Waals surface area contributed by atoms with Crippen molar-refractivity contribution >= 4 is 23.7 Å². The molecule has 0 bridgehead atoms. The van der Waals surface area contributed by atoms with E-state index in [1.54, 1.807) is 13.8 Å². The zero-order valence-electron chi connectivity index (χ0n) is 6.35. The Morgan fingerprint density at radius 3 is 2.36 bits per heavy atom. The molecule has 1 heterocycles. The number of urea groups is 1. The highest BCUT2D eigenvalue weighted by atomic mass is 35.5. The predicted octanol–water partition coefficient (Wildman–Crippen LogP) is 0.861. The number of carbonyl (C=O) groups is 2. The Balaban J connectivity index is 2.96. The van der Waals surface area contributed by atoms with Gasteiger partial charge in [0, 0.05) is 11.8 Å². The number of halogens is 1. The second-order valence-electron chi connectivity index (χ2n) is 2.67. The summed E-state index contributed by atoms with van der Waals surface area (Å²) in [4.78, 5) is 21.9. The summed E-state index contributed by atoms with van der Waals surface area (Å²) in [7, 11) is 0. The van der Waals surface area contributed by atoms with Crippen molar-refractivity contribution in [2.45, 2.75) is 25.8 Å². The van der Waals surface area contributed by atoms with Gasteiger partial charge in [-0.15, -0.1) is 0 Å². The number of rotatable bonds is 1. The van der Waals surface area contributed by atoms with Gasteiger partial charge in [0.05, 0.1) is 0 Å². The average Bonchev–Trinajstić information content (AvgIpc) is 2.16. The lowest BCUT2D eigenvalue weighted by molar-refractivity contribution is -0.124. The summed E-state index contributed by atoms with van der Waals surface area (Å²) in [6, 6.07) is -0.541. The van der Waals surface area contributed by atoms with Crippen LogP contribution in [-0.2, 0) is 4.79 Å². The standard InChI is InChI=1S/C6H9ClN2O2/c1-3-6(2)4(10)8-5(11)9(6)7/h3H2,1-2H3,(H,8,10,11). The normalized spacial score (nSPS) is 31.0. The molecule has 1 aliphatic heterocycles. The smallest absolute Gasteiger partial charge is 0.275 e. The van der Waals surface area contributed by atoms with Crippen molar-refractivity contribution in [3.05, 3.63) is 0 Å². The number of imide groups is 1. The Morgan fingerprint density at radius 2 is 2.18 bits per heavy atom. The Kier molecular flexibility index (Phi) is 1.80. The Morgan fingerprint density at radius 1 is 1.64 bits per heavy atom. The van der Waals surface area contributed by atoms with Gasteiger partial charge in [0.25, 0.3) is 5.91 Å². The molecule has 1 saturated heterocycles. The number of carbonyl (C=O) groups excluding carboxylic acids is 2. The monoisotopic (exact) mass is 176 g/mol. The molecule has 1 fully saturated rings. The summed E-state index contributed by atoms with van der Waals surface area (Å²) in [5.74, 6) is -0.333. The maximum Gasteiger partial charge on any atom is 0.339 e. The zero-order chi connectivity index (χ0) is 8.65. The minimum Gasteiger partial charge on any atom is -0.275 e. The highest BCUT2D eigenvalue weighted by Gasteiger charge is 2.47. The molecule has 1 unspecified atom stereocenters. The molecule has 3 amide bonds. The summed E-state index contributed by atoms with van der Waals surface area (Å²) >= 11 is 5.57. The van der Waals surface area contributed by atoms with Gasteiger partial charge in [0.2, 0.25) is 0 Å². The van der Waals surface area contributed by atoms with Crippen LogP contribution in [0.3, 0.4) is 0 Å². The van der Waals surface area contributed by atoms with Gasteiger partial charge in [-0.1, -0.05) is 6.92 Å². The van der Waals surface area contributed by atoms with Crippen molar-refractivity contribution in [2.75, 3.05) is 0 Å². The van der Waals surface area contributed by atoms with Gasteiger partial charge in [-0.2, -0.15) is 0 Å². The van der Waals surface area contributed by atoms with E-state index in [1.165, 1.54) is 0 Å². The van der Waals surface area contributed by atoms with Gasteiger partial charge >= 0.3 is 6.03 Å². The molecule has 62 valence electrons. The highest BCUT2D eigenvalue weighted by molar-refractivity contribution is 6.28. The minimum absolute atomic E-state index is 0.333. The van der Waals surface area contributed by atoms with Crippen LogP contribution in [0, 0.1) is 0 Å². The highest BCUT2D eigenvalue weighted by Crippen LogP contribution is 2.26. The Bertz CT molecular complexity index is 219. The van der Waals surface area contributed by atoms with Crippen molar-refractivity contribution in [2.24, 2.45) is 0 Å². The van der Waals surface area contributed by atoms with E-state index in [4.69, 9.17) is 11.8 Å². The van der Waals surface area contributed by atoms with Crippen LogP contribution in [-0.4, -0.2) is 21.9 Å². The Labute approximate surface area is 69.6 Å². The maximum absolute atomic E-state index is 11.1. The molecule has 1 N–H and O–H groups in total. The number of amides is 3. The molecule has 1 aliphatic rings. The first-order valence-corrected chi connectivity index (χ1v) is 3.67. The second-order valence-corrected chi connectivity index (χ2v) is 3.01. The number of nitrogens with zero attached hydrogens (tertiary/aromatic N) is 1. The fourth-order valence-electron chi connectivity index (χ4n) is 0.893. The third-order valence-electron chi connectivity index (χ3n) is 2.01. The molecular formula is C6H9ClN2O2. The molecule has 11 heavy (non-hydrogen) atoms. The van der Waals surface area contributed by atoms with E-state index in [-0.39, 0.29) is 5.91 Å². The lowest BCUT2D eigenvalue weighted by Gasteiger charge is -2.23. The lowest BCUT2D eigenvalue weighted by atomic mass is 10.0. The summed E-state index contributed by atoms with van der Waals surface area (Å²) in [5, 5.41) is 2.12. The second kappa shape index (κ2) is 2.37. The van der Waals surface area contributed by atoms with E-state index in [9.17, 15) is 9.59 Å². The van der Waals surface area contributed by atoms with E-state index in [0.29, 0.717) is 6.42 Å². The quantitative estimate of drug-likeness (QED) is 0.476. The Hall–Kier alpha value is -0.770. The van der Waals surface area contributed by atoms with Crippen molar-refractivity contribution < 1.29 is 9.59 Å². The van der Waals surface area contributed by atoms with E-state index in [2.05, 4.69) is 5.32 Å². The molecule has 0 saturated carbocycles. The van der Waals surface area contributed by atoms with Gasteiger partial charge in [-0.25, -0.2) is 9.21 Å². The van der Waals surface area contributed by atoms with E-state index >= 15 is 0 Å². The number of nitrogens with one attached hydrogen (secondary N) is 1. The van der Waals surface area contributed by atoms with Crippen LogP contribution in [0.1, 0.15) is 20.3 Å². The molecule has 4 nitrogen and oxygen atoms in total. The molecule has 0 spiro atoms. The van der Waals surface area contributed by atoms with E-state index < -0.39 is 11.6 Å². The lowest BCUT2D eigenvalue weighted by Crippen LogP contribution is -2.41. The molecule has 1 atom stereocenters. The topological polar surface area (TPSA) is 49.4 Å². The molecule has 0 aromatic carbocycles. The van der Waals surface area contributed by atoms with Gasteiger partial charge in [0.15, 0.2) is 0 Å². The van der Waals surface area contributed by atoms with Crippen LogP contribution in [0.4, 0.5) is 4.79 Å². The van der Waals surface area contributed by atoms with Crippen molar-refractivity contribution in [3.8, 4) is 0 Å². The maximum atomic E-state index is 11.1. The first kappa shape index (κ1) is 8.33. The number of hydrogen-bond acceptors (Lipinski definition) is 2. The SMILES string of the molecule is CCC1(C)C(=O)NC(=O)N1Cl. The molecule has 0 aromatic heterocycles. The van der Waals surface area contributed by atoms with E-state index in [0.717, 1.165) is 4.42 Å². The first-order chi connectivity index (χ1) is 5.02. The fourth-order valence-corrected chi connectivity index (χ4v) is 1.13. The minimum atomic E-state index is -0.876. The van der Waals surface area contributed by atoms with Crippen LogP contribution < -0.4 is 5.32 Å². The summed E-state index contributed by atoms with van der Waals surface area (Å²) in [6.45, 7) is 3.42. The summed E-state index contributed by atoms with van der Waals surface area (Å²) in [6.07, 6.45) is 0.508. The zero-order valence-corrected chi connectivity index (χ0v) is 7.10. The van der Waals surface area contributed by atoms with Crippen LogP contribution in [0.25, 0.3) is 0 Å². The number of hydrogen-bond donors (Lipinski definition) is 1. The van der Waals surface area contributed by atoms with Crippen molar-refractivity contribution in [1.82, 2.24) is 9.74 Å². The van der Waals surface area contributed by atoms with Gasteiger partial charge in [-0.05, 0) is 13.3 Å². The van der Waals surface area contributed by atoms with Crippen molar-refractivity contribution in [3.63, 3.8) is 0 Å². The van der Waals surface area contributed by atoms with Crippen LogP contribution in [0.5, 0.6) is 0 Å². The molecule has 5 heteroatoms. The molecule has 0 aliphatic carbocycles. The predicted molar refractivity (Wildman–Crippen MR) is 39.9 cm³/mol. The van der Waals surface area contributed by atoms with Crippen molar-refractivity contribution in [1.29, 1.82) is 0 Å². The van der Waals surface area contributed by atoms with Crippen LogP contribution >= 0.6 is 11.8 Å². The van der Waals surface area contributed by atoms with Crippen LogP contribution in [0.15, 0.2) is 0 Å². The van der Waals surface area contributed by atoms with Gasteiger partial charge in [0.1, 0.15) is 5.54 Å². The third-order valence-corrected chi connectivity index (χ3v) is 2.54. The largest absolute Gasteiger partial charge is 0.339 e. The van der Waals surface area contributed by atoms with E-state index in [1.807, 2.05) is 0 Å². The molecule has 0 aromatic rings. The summed E-state index contributed by atoms with van der Waals surface area (Å²) in [5.41, 5.74) is -0.876. The average molecular weight is 177 g/mol. The third kappa shape index (κ3) is 0.976. The molecule has 0 radical (unpaired) electrons.